The van der Waals surface area contributed by atoms with Crippen LogP contribution in [0.4, 0.5) is 4.39 Å². The van der Waals surface area contributed by atoms with Gasteiger partial charge in [0.15, 0.2) is 0 Å². The Kier molecular flexibility index (Phi) is 7.74. The normalized spacial score (nSPS) is 24.4. The van der Waals surface area contributed by atoms with Crippen LogP contribution >= 0.6 is 0 Å². The van der Waals surface area contributed by atoms with Gasteiger partial charge in [0.05, 0.1) is 25.2 Å². The van der Waals surface area contributed by atoms with E-state index in [9.17, 15) is 19.1 Å². The van der Waals surface area contributed by atoms with Gasteiger partial charge in [-0.2, -0.15) is 0 Å². The summed E-state index contributed by atoms with van der Waals surface area (Å²) >= 11 is 0. The summed E-state index contributed by atoms with van der Waals surface area (Å²) in [5.41, 5.74) is 0.189. The molecule has 0 spiro atoms. The van der Waals surface area contributed by atoms with E-state index in [4.69, 9.17) is 4.74 Å². The second kappa shape index (κ2) is 10.5. The average molecular weight is 405 g/mol. The molecule has 2 aliphatic rings. The van der Waals surface area contributed by atoms with E-state index in [-0.39, 0.29) is 24.5 Å². The van der Waals surface area contributed by atoms with Crippen molar-refractivity contribution >= 4 is 11.8 Å². The van der Waals surface area contributed by atoms with Gasteiger partial charge >= 0.3 is 0 Å². The van der Waals surface area contributed by atoms with Crippen LogP contribution in [0.2, 0.25) is 0 Å². The molecule has 2 aliphatic heterocycles. The highest BCUT2D eigenvalue weighted by atomic mass is 19.1. The van der Waals surface area contributed by atoms with Crippen molar-refractivity contribution in [2.24, 2.45) is 0 Å². The highest BCUT2D eigenvalue weighted by Crippen LogP contribution is 2.16. The maximum atomic E-state index is 13.3. The highest BCUT2D eigenvalue weighted by Gasteiger charge is 2.29. The van der Waals surface area contributed by atoms with Crippen molar-refractivity contribution in [3.63, 3.8) is 0 Å². The monoisotopic (exact) mass is 405 g/mol. The standard InChI is InChI=1S/C21H28FN3O4/c22-16-5-3-4-15(12-16)21(28)24-18-7-6-17(29-19(18)14-26)13-20(27)23-8-11-25-9-1-2-10-25/h3-7,12,17-19,26H,1-2,8-11,13-14H2,(H,23,27)(H,24,28)/t17-,18+,19-/m0/s1. The predicted octanol–water partition coefficient (Wildman–Crippen LogP) is 0.842. The quantitative estimate of drug-likeness (QED) is 0.558. The molecular weight excluding hydrogens is 377 g/mol. The number of aliphatic hydroxyl groups excluding tert-OH is 1. The number of hydrogen-bond donors (Lipinski definition) is 3. The van der Waals surface area contributed by atoms with Crippen LogP contribution in [0.25, 0.3) is 0 Å². The Labute approximate surface area is 169 Å². The van der Waals surface area contributed by atoms with Crippen LogP contribution in [0, 0.1) is 5.82 Å². The van der Waals surface area contributed by atoms with E-state index in [1.54, 1.807) is 12.2 Å². The van der Waals surface area contributed by atoms with E-state index in [2.05, 4.69) is 15.5 Å². The molecule has 1 fully saturated rings. The molecule has 3 N–H and O–H groups in total. The Hall–Kier alpha value is -2.29. The Balaban J connectivity index is 1.47. The molecule has 2 amide bonds. The molecule has 0 unspecified atom stereocenters. The van der Waals surface area contributed by atoms with Crippen molar-refractivity contribution in [1.29, 1.82) is 0 Å². The van der Waals surface area contributed by atoms with Crippen LogP contribution in [0.15, 0.2) is 36.4 Å². The molecule has 158 valence electrons. The third kappa shape index (κ3) is 6.35. The zero-order valence-electron chi connectivity index (χ0n) is 16.4. The Morgan fingerprint density at radius 3 is 2.76 bits per heavy atom. The first-order valence-electron chi connectivity index (χ1n) is 10.1. The molecule has 1 aromatic carbocycles. The minimum absolute atomic E-state index is 0.113. The Bertz CT molecular complexity index is 736. The highest BCUT2D eigenvalue weighted by molar-refractivity contribution is 5.94. The lowest BCUT2D eigenvalue weighted by Gasteiger charge is -2.31. The van der Waals surface area contributed by atoms with Gasteiger partial charge in [-0.05, 0) is 44.1 Å². The van der Waals surface area contributed by atoms with Crippen LogP contribution in [-0.4, -0.2) is 72.9 Å². The molecule has 0 saturated carbocycles. The van der Waals surface area contributed by atoms with Gasteiger partial charge in [-0.25, -0.2) is 4.39 Å². The second-order valence-electron chi connectivity index (χ2n) is 7.39. The zero-order chi connectivity index (χ0) is 20.6. The summed E-state index contributed by atoms with van der Waals surface area (Å²) in [6.45, 7) is 3.31. The summed E-state index contributed by atoms with van der Waals surface area (Å²) in [4.78, 5) is 26.8. The number of ether oxygens (including phenoxy) is 1. The number of benzene rings is 1. The fourth-order valence-electron chi connectivity index (χ4n) is 3.61. The summed E-state index contributed by atoms with van der Waals surface area (Å²) in [6, 6.07) is 4.81. The Morgan fingerprint density at radius 1 is 1.24 bits per heavy atom. The fraction of sp³-hybridized carbons (Fsp3) is 0.524. The van der Waals surface area contributed by atoms with Crippen molar-refractivity contribution in [2.45, 2.75) is 37.5 Å². The SMILES string of the molecule is O=C(C[C@@H]1C=C[C@@H](NC(=O)c2cccc(F)c2)[C@H](CO)O1)NCCN1CCCC1. The number of carbonyl (C=O) groups excluding carboxylic acids is 2. The number of carbonyl (C=O) groups is 2. The molecule has 0 bridgehead atoms. The number of nitrogens with one attached hydrogen (secondary N) is 2. The van der Waals surface area contributed by atoms with Gasteiger partial charge < -0.3 is 25.4 Å². The van der Waals surface area contributed by atoms with Crippen molar-refractivity contribution in [3.05, 3.63) is 47.8 Å². The van der Waals surface area contributed by atoms with Crippen molar-refractivity contribution in [1.82, 2.24) is 15.5 Å². The molecular formula is C21H28FN3O4. The maximum Gasteiger partial charge on any atom is 0.251 e. The van der Waals surface area contributed by atoms with E-state index in [1.165, 1.54) is 31.0 Å². The smallest absolute Gasteiger partial charge is 0.251 e. The van der Waals surface area contributed by atoms with E-state index >= 15 is 0 Å². The number of likely N-dealkylation sites (tertiary alicyclic amines) is 1. The molecule has 0 aromatic heterocycles. The largest absolute Gasteiger partial charge is 0.394 e. The number of amides is 2. The van der Waals surface area contributed by atoms with Gasteiger partial charge in [0.25, 0.3) is 5.91 Å². The third-order valence-electron chi connectivity index (χ3n) is 5.18. The molecule has 1 saturated heterocycles. The molecule has 3 rings (SSSR count). The van der Waals surface area contributed by atoms with Gasteiger partial charge in [0.1, 0.15) is 11.9 Å². The first-order valence-corrected chi connectivity index (χ1v) is 10.1. The summed E-state index contributed by atoms with van der Waals surface area (Å²) < 4.78 is 19.1. The zero-order valence-corrected chi connectivity index (χ0v) is 16.4. The minimum atomic E-state index is -0.681. The van der Waals surface area contributed by atoms with Crippen molar-refractivity contribution in [2.75, 3.05) is 32.8 Å². The molecule has 8 heteroatoms. The van der Waals surface area contributed by atoms with E-state index < -0.39 is 30.0 Å². The van der Waals surface area contributed by atoms with E-state index in [1.807, 2.05) is 0 Å². The molecule has 0 aliphatic carbocycles. The number of rotatable bonds is 8. The van der Waals surface area contributed by atoms with Gasteiger partial charge in [0.2, 0.25) is 5.91 Å². The number of halogens is 1. The lowest BCUT2D eigenvalue weighted by molar-refractivity contribution is -0.125. The van der Waals surface area contributed by atoms with Gasteiger partial charge in [-0.1, -0.05) is 18.2 Å². The molecule has 3 atom stereocenters. The lowest BCUT2D eigenvalue weighted by Crippen LogP contribution is -2.49. The van der Waals surface area contributed by atoms with Gasteiger partial charge in [0, 0.05) is 18.7 Å². The second-order valence-corrected chi connectivity index (χ2v) is 7.39. The third-order valence-corrected chi connectivity index (χ3v) is 5.18. The fourth-order valence-corrected chi connectivity index (χ4v) is 3.61. The Morgan fingerprint density at radius 2 is 2.03 bits per heavy atom. The number of hydrogen-bond acceptors (Lipinski definition) is 5. The molecule has 2 heterocycles. The van der Waals surface area contributed by atoms with E-state index in [0.717, 1.165) is 25.7 Å². The summed E-state index contributed by atoms with van der Waals surface area (Å²) in [5, 5.41) is 15.2. The predicted molar refractivity (Wildman–Crippen MR) is 106 cm³/mol. The van der Waals surface area contributed by atoms with Crippen LogP contribution in [0.5, 0.6) is 0 Å². The first-order chi connectivity index (χ1) is 14.0. The number of aliphatic hydroxyl groups is 1. The van der Waals surface area contributed by atoms with Gasteiger partial charge in [-0.15, -0.1) is 0 Å². The molecule has 29 heavy (non-hydrogen) atoms. The average Bonchev–Trinajstić information content (AvgIpc) is 3.22. The summed E-state index contributed by atoms with van der Waals surface area (Å²) in [7, 11) is 0. The van der Waals surface area contributed by atoms with Crippen LogP contribution < -0.4 is 10.6 Å². The maximum absolute atomic E-state index is 13.3. The summed E-state index contributed by atoms with van der Waals surface area (Å²) in [6.07, 6.45) is 4.85. The minimum Gasteiger partial charge on any atom is -0.394 e. The van der Waals surface area contributed by atoms with Crippen LogP contribution in [0.3, 0.4) is 0 Å². The molecule has 1 aromatic rings. The van der Waals surface area contributed by atoms with E-state index in [0.29, 0.717) is 6.54 Å². The molecule has 0 radical (unpaired) electrons. The first kappa shape index (κ1) is 21.4. The van der Waals surface area contributed by atoms with Gasteiger partial charge in [-0.3, -0.25) is 9.59 Å². The van der Waals surface area contributed by atoms with Crippen molar-refractivity contribution in [3.8, 4) is 0 Å². The van der Waals surface area contributed by atoms with Crippen molar-refractivity contribution < 1.29 is 23.8 Å². The topological polar surface area (TPSA) is 90.9 Å². The molecule has 7 nitrogen and oxygen atoms in total. The lowest BCUT2D eigenvalue weighted by atomic mass is 10.0. The van der Waals surface area contributed by atoms with Crippen LogP contribution in [0.1, 0.15) is 29.6 Å². The number of nitrogens with zero attached hydrogens (tertiary/aromatic N) is 1. The summed E-state index contributed by atoms with van der Waals surface area (Å²) in [5.74, 6) is -1.07. The van der Waals surface area contributed by atoms with Crippen LogP contribution in [-0.2, 0) is 9.53 Å².